The highest BCUT2D eigenvalue weighted by atomic mass is 19.3. The molecule has 1 saturated carbocycles. The van der Waals surface area contributed by atoms with Crippen LogP contribution in [-0.4, -0.2) is 11.8 Å². The van der Waals surface area contributed by atoms with E-state index in [2.05, 4.69) is 5.32 Å². The van der Waals surface area contributed by atoms with E-state index in [4.69, 9.17) is 5.73 Å². The highest BCUT2D eigenvalue weighted by Crippen LogP contribution is 2.37. The monoisotopic (exact) mass is 282 g/mol. The molecule has 1 fully saturated rings. The Kier molecular flexibility index (Phi) is 3.97. The van der Waals surface area contributed by atoms with Gasteiger partial charge in [0.05, 0.1) is 11.4 Å². The van der Waals surface area contributed by atoms with Gasteiger partial charge in [-0.15, -0.1) is 0 Å². The molecule has 110 valence electrons. The summed E-state index contributed by atoms with van der Waals surface area (Å²) < 4.78 is 26.2. The molecule has 3 N–H and O–H groups in total. The first-order valence-corrected chi connectivity index (χ1v) is 6.84. The smallest absolute Gasteiger partial charge is 0.248 e. The van der Waals surface area contributed by atoms with Crippen molar-refractivity contribution in [3.05, 3.63) is 23.3 Å². The number of alkyl halides is 2. The number of amides is 1. The van der Waals surface area contributed by atoms with E-state index < -0.39 is 5.92 Å². The van der Waals surface area contributed by atoms with Crippen molar-refractivity contribution in [1.29, 1.82) is 0 Å². The lowest BCUT2D eigenvalue weighted by Crippen LogP contribution is -2.32. The van der Waals surface area contributed by atoms with Gasteiger partial charge in [-0.2, -0.15) is 0 Å². The molecule has 0 bridgehead atoms. The van der Waals surface area contributed by atoms with Crippen molar-refractivity contribution in [1.82, 2.24) is 0 Å². The van der Waals surface area contributed by atoms with E-state index >= 15 is 0 Å². The van der Waals surface area contributed by atoms with Crippen LogP contribution >= 0.6 is 0 Å². The minimum atomic E-state index is -2.62. The highest BCUT2D eigenvalue weighted by molar-refractivity contribution is 5.96. The molecule has 5 heteroatoms. The molecule has 0 heterocycles. The molecule has 20 heavy (non-hydrogen) atoms. The Balaban J connectivity index is 2.08. The Labute approximate surface area is 117 Å². The Morgan fingerprint density at radius 3 is 2.50 bits per heavy atom. The first-order valence-electron chi connectivity index (χ1n) is 6.84. The number of benzene rings is 1. The van der Waals surface area contributed by atoms with Crippen molar-refractivity contribution in [2.24, 2.45) is 5.92 Å². The molecule has 1 aliphatic rings. The summed E-state index contributed by atoms with van der Waals surface area (Å²) >= 11 is 0. The molecule has 1 amide bonds. The molecule has 3 nitrogen and oxygen atoms in total. The van der Waals surface area contributed by atoms with Gasteiger partial charge in [0.2, 0.25) is 11.8 Å². The predicted octanol–water partition coefficient (Wildman–Crippen LogP) is 3.65. The lowest BCUT2D eigenvalue weighted by molar-refractivity contribution is -0.124. The van der Waals surface area contributed by atoms with Gasteiger partial charge >= 0.3 is 0 Å². The average molecular weight is 282 g/mol. The number of hydrogen-bond acceptors (Lipinski definition) is 2. The van der Waals surface area contributed by atoms with Gasteiger partial charge < -0.3 is 11.1 Å². The van der Waals surface area contributed by atoms with Gasteiger partial charge in [0.1, 0.15) is 0 Å². The van der Waals surface area contributed by atoms with Crippen LogP contribution in [0.15, 0.2) is 12.1 Å². The molecule has 1 aromatic rings. The van der Waals surface area contributed by atoms with Crippen molar-refractivity contribution < 1.29 is 13.6 Å². The Morgan fingerprint density at radius 1 is 1.30 bits per heavy atom. The van der Waals surface area contributed by atoms with Crippen molar-refractivity contribution in [3.8, 4) is 0 Å². The van der Waals surface area contributed by atoms with Crippen LogP contribution in [0.3, 0.4) is 0 Å². The van der Waals surface area contributed by atoms with E-state index in [9.17, 15) is 13.6 Å². The van der Waals surface area contributed by atoms with Crippen LogP contribution in [0.4, 0.5) is 20.2 Å². The number of carbonyl (C=O) groups is 1. The van der Waals surface area contributed by atoms with Crippen LogP contribution in [0.5, 0.6) is 0 Å². The molecule has 0 radical (unpaired) electrons. The van der Waals surface area contributed by atoms with Crippen molar-refractivity contribution in [3.63, 3.8) is 0 Å². The summed E-state index contributed by atoms with van der Waals surface area (Å²) in [5.74, 6) is -3.18. The number of rotatable bonds is 2. The van der Waals surface area contributed by atoms with E-state index in [1.54, 1.807) is 6.07 Å². The number of anilines is 2. The molecule has 0 saturated heterocycles. The number of hydrogen-bond donors (Lipinski definition) is 2. The van der Waals surface area contributed by atoms with Crippen molar-refractivity contribution in [2.75, 3.05) is 11.1 Å². The number of nitrogens with two attached hydrogens (primary N) is 1. The van der Waals surface area contributed by atoms with E-state index in [-0.39, 0.29) is 37.5 Å². The number of aryl methyl sites for hydroxylation is 1. The fourth-order valence-corrected chi connectivity index (χ4v) is 2.53. The van der Waals surface area contributed by atoms with Gasteiger partial charge in [-0.3, -0.25) is 4.79 Å². The van der Waals surface area contributed by atoms with Gasteiger partial charge in [0.15, 0.2) is 0 Å². The molecule has 0 unspecified atom stereocenters. The SMILES string of the molecule is Cc1ccc(N)c(NC(=O)C2CCC(F)(F)CC2)c1C. The summed E-state index contributed by atoms with van der Waals surface area (Å²) in [6.45, 7) is 3.82. The number of carbonyl (C=O) groups excluding carboxylic acids is 1. The predicted molar refractivity (Wildman–Crippen MR) is 75.9 cm³/mol. The first kappa shape index (κ1) is 14.8. The molecular formula is C15H20F2N2O. The number of halogens is 2. The van der Waals surface area contributed by atoms with Gasteiger partial charge in [-0.25, -0.2) is 8.78 Å². The third-order valence-electron chi connectivity index (χ3n) is 4.10. The van der Waals surface area contributed by atoms with Crippen LogP contribution in [0.1, 0.15) is 36.8 Å². The summed E-state index contributed by atoms with van der Waals surface area (Å²) in [6.07, 6.45) is 0.0218. The van der Waals surface area contributed by atoms with E-state index in [0.29, 0.717) is 11.4 Å². The van der Waals surface area contributed by atoms with Gasteiger partial charge in [0, 0.05) is 18.8 Å². The average Bonchev–Trinajstić information content (AvgIpc) is 2.39. The van der Waals surface area contributed by atoms with Crippen molar-refractivity contribution in [2.45, 2.75) is 45.5 Å². The zero-order valence-corrected chi connectivity index (χ0v) is 11.8. The zero-order valence-electron chi connectivity index (χ0n) is 11.8. The second kappa shape index (κ2) is 5.38. The third-order valence-corrected chi connectivity index (χ3v) is 4.10. The summed E-state index contributed by atoms with van der Waals surface area (Å²) in [5.41, 5.74) is 8.93. The summed E-state index contributed by atoms with van der Waals surface area (Å²) in [5, 5.41) is 2.81. The molecule has 0 spiro atoms. The fraction of sp³-hybridized carbons (Fsp3) is 0.533. The number of nitrogen functional groups attached to an aromatic ring is 1. The molecule has 1 aliphatic carbocycles. The normalized spacial score (nSPS) is 18.8. The topological polar surface area (TPSA) is 55.1 Å². The summed E-state index contributed by atoms with van der Waals surface area (Å²) in [6, 6.07) is 3.63. The lowest BCUT2D eigenvalue weighted by Gasteiger charge is -2.27. The molecule has 1 aromatic carbocycles. The van der Waals surface area contributed by atoms with Gasteiger partial charge in [-0.05, 0) is 43.9 Å². The number of nitrogens with one attached hydrogen (secondary N) is 1. The maximum absolute atomic E-state index is 13.1. The van der Waals surface area contributed by atoms with Crippen LogP contribution in [0.25, 0.3) is 0 Å². The van der Waals surface area contributed by atoms with Crippen LogP contribution < -0.4 is 11.1 Å². The summed E-state index contributed by atoms with van der Waals surface area (Å²) in [7, 11) is 0. The third kappa shape index (κ3) is 3.08. The molecule has 0 aliphatic heterocycles. The van der Waals surface area contributed by atoms with E-state index in [0.717, 1.165) is 11.1 Å². The molecule has 2 rings (SSSR count). The molecule has 0 aromatic heterocycles. The lowest BCUT2D eigenvalue weighted by atomic mass is 9.86. The standard InChI is InChI=1S/C15H20F2N2O/c1-9-3-4-12(18)13(10(9)2)19-14(20)11-5-7-15(16,17)8-6-11/h3-4,11H,5-8,18H2,1-2H3,(H,19,20). The maximum Gasteiger partial charge on any atom is 0.248 e. The highest BCUT2D eigenvalue weighted by Gasteiger charge is 2.37. The van der Waals surface area contributed by atoms with Crippen LogP contribution in [-0.2, 0) is 4.79 Å². The Morgan fingerprint density at radius 2 is 1.90 bits per heavy atom. The second-order valence-electron chi connectivity index (χ2n) is 5.59. The van der Waals surface area contributed by atoms with Crippen molar-refractivity contribution >= 4 is 17.3 Å². The minimum Gasteiger partial charge on any atom is -0.397 e. The van der Waals surface area contributed by atoms with E-state index in [1.165, 1.54) is 0 Å². The summed E-state index contributed by atoms with van der Waals surface area (Å²) in [4.78, 5) is 12.2. The maximum atomic E-state index is 13.1. The molecule has 0 atom stereocenters. The first-order chi connectivity index (χ1) is 9.30. The Bertz CT molecular complexity index is 519. The van der Waals surface area contributed by atoms with E-state index in [1.807, 2.05) is 19.9 Å². The second-order valence-corrected chi connectivity index (χ2v) is 5.59. The largest absolute Gasteiger partial charge is 0.397 e. The zero-order chi connectivity index (χ0) is 14.9. The fourth-order valence-electron chi connectivity index (χ4n) is 2.53. The quantitative estimate of drug-likeness (QED) is 0.813. The van der Waals surface area contributed by atoms with Gasteiger partial charge in [-0.1, -0.05) is 6.07 Å². The minimum absolute atomic E-state index is 0.207. The van der Waals surface area contributed by atoms with Crippen LogP contribution in [0.2, 0.25) is 0 Å². The van der Waals surface area contributed by atoms with Gasteiger partial charge in [0.25, 0.3) is 0 Å². The van der Waals surface area contributed by atoms with Crippen LogP contribution in [0, 0.1) is 19.8 Å². The Hall–Kier alpha value is -1.65. The molecular weight excluding hydrogens is 262 g/mol.